The average molecular weight is 522 g/mol. The van der Waals surface area contributed by atoms with Crippen molar-refractivity contribution in [3.8, 4) is 5.69 Å². The average Bonchev–Trinajstić information content (AvgIpc) is 3.49. The van der Waals surface area contributed by atoms with E-state index in [0.717, 1.165) is 29.2 Å². The quantitative estimate of drug-likeness (QED) is 0.314. The molecule has 0 spiro atoms. The number of hydrogen-bond donors (Lipinski definition) is 2. The summed E-state index contributed by atoms with van der Waals surface area (Å²) in [7, 11) is 0. The molecule has 1 saturated heterocycles. The number of carbonyl (C=O) groups is 1. The topological polar surface area (TPSA) is 62.2 Å². The van der Waals surface area contributed by atoms with Crippen LogP contribution in [0.5, 0.6) is 0 Å². The van der Waals surface area contributed by atoms with Gasteiger partial charge < -0.3 is 20.1 Å². The van der Waals surface area contributed by atoms with E-state index in [1.54, 1.807) is 41.2 Å². The van der Waals surface area contributed by atoms with E-state index >= 15 is 0 Å². The fourth-order valence-electron chi connectivity index (χ4n) is 4.54. The predicted molar refractivity (Wildman–Crippen MR) is 139 cm³/mol. The Hall–Kier alpha value is -4.18. The molecular weight excluding hydrogens is 499 g/mol. The summed E-state index contributed by atoms with van der Waals surface area (Å²) in [6.07, 6.45) is -1.04. The van der Waals surface area contributed by atoms with Crippen LogP contribution in [0.4, 0.5) is 24.5 Å². The van der Waals surface area contributed by atoms with Gasteiger partial charge in [0.15, 0.2) is 5.11 Å². The first-order valence-electron chi connectivity index (χ1n) is 11.5. The molecule has 10 heteroatoms. The Bertz CT molecular complexity index is 1440. The number of amides is 1. The molecule has 2 aromatic carbocycles. The van der Waals surface area contributed by atoms with Crippen molar-refractivity contribution in [2.45, 2.75) is 25.2 Å². The van der Waals surface area contributed by atoms with Gasteiger partial charge in [0.05, 0.1) is 17.3 Å². The lowest BCUT2D eigenvalue weighted by atomic mass is 10.0. The highest BCUT2D eigenvalue weighted by atomic mass is 32.1. The molecule has 0 radical (unpaired) electrons. The lowest BCUT2D eigenvalue weighted by Crippen LogP contribution is -2.30. The van der Waals surface area contributed by atoms with E-state index < -0.39 is 17.8 Å². The van der Waals surface area contributed by atoms with E-state index in [2.05, 4.69) is 15.6 Å². The molecule has 2 N–H and O–H groups in total. The Kier molecular flexibility index (Phi) is 6.43. The fourth-order valence-corrected chi connectivity index (χ4v) is 4.89. The van der Waals surface area contributed by atoms with Gasteiger partial charge in [-0.2, -0.15) is 13.2 Å². The SMILES string of the molecule is CC(=O)Nc1ccc(N2C(=S)N[C@H](c3ccccn3)[C@H]2c2cccn2-c2cccc(C(F)(F)F)c2)cc1. The molecule has 1 aliphatic rings. The van der Waals surface area contributed by atoms with Crippen LogP contribution in [0.3, 0.4) is 0 Å². The first kappa shape index (κ1) is 24.5. The lowest BCUT2D eigenvalue weighted by Gasteiger charge is -2.29. The van der Waals surface area contributed by atoms with Crippen LogP contribution in [-0.2, 0) is 11.0 Å². The van der Waals surface area contributed by atoms with Crippen molar-refractivity contribution in [3.63, 3.8) is 0 Å². The van der Waals surface area contributed by atoms with E-state index in [0.29, 0.717) is 16.5 Å². The van der Waals surface area contributed by atoms with E-state index in [4.69, 9.17) is 12.2 Å². The number of aromatic nitrogens is 2. The van der Waals surface area contributed by atoms with Crippen LogP contribution in [0, 0.1) is 0 Å². The Morgan fingerprint density at radius 2 is 1.78 bits per heavy atom. The van der Waals surface area contributed by atoms with Crippen LogP contribution in [0.2, 0.25) is 0 Å². The molecular formula is C27H22F3N5OS. The third-order valence-corrected chi connectivity index (χ3v) is 6.41. The zero-order valence-corrected chi connectivity index (χ0v) is 20.4. The summed E-state index contributed by atoms with van der Waals surface area (Å²) in [6.45, 7) is 1.43. The highest BCUT2D eigenvalue weighted by Crippen LogP contribution is 2.42. The Morgan fingerprint density at radius 3 is 2.46 bits per heavy atom. The minimum atomic E-state index is -4.46. The van der Waals surface area contributed by atoms with Crippen LogP contribution < -0.4 is 15.5 Å². The molecule has 1 aliphatic heterocycles. The summed E-state index contributed by atoms with van der Waals surface area (Å²) in [4.78, 5) is 17.9. The lowest BCUT2D eigenvalue weighted by molar-refractivity contribution is -0.137. The van der Waals surface area contributed by atoms with Gasteiger partial charge in [-0.15, -0.1) is 0 Å². The molecule has 188 valence electrons. The van der Waals surface area contributed by atoms with Gasteiger partial charge in [0.2, 0.25) is 5.91 Å². The Balaban J connectivity index is 1.62. The summed E-state index contributed by atoms with van der Waals surface area (Å²) in [5.74, 6) is -0.182. The number of hydrogen-bond acceptors (Lipinski definition) is 3. The van der Waals surface area contributed by atoms with E-state index in [-0.39, 0.29) is 11.9 Å². The molecule has 4 aromatic rings. The highest BCUT2D eigenvalue weighted by molar-refractivity contribution is 7.80. The fraction of sp³-hybridized carbons (Fsp3) is 0.148. The Morgan fingerprint density at radius 1 is 1.00 bits per heavy atom. The van der Waals surface area contributed by atoms with Gasteiger partial charge in [0.25, 0.3) is 0 Å². The predicted octanol–water partition coefficient (Wildman–Crippen LogP) is 6.03. The minimum Gasteiger partial charge on any atom is -0.351 e. The maximum absolute atomic E-state index is 13.5. The molecule has 3 heterocycles. The first-order valence-corrected chi connectivity index (χ1v) is 11.9. The van der Waals surface area contributed by atoms with Crippen LogP contribution in [0.25, 0.3) is 5.69 Å². The number of nitrogens with zero attached hydrogens (tertiary/aromatic N) is 3. The van der Waals surface area contributed by atoms with Crippen molar-refractivity contribution >= 4 is 34.6 Å². The zero-order chi connectivity index (χ0) is 26.2. The maximum atomic E-state index is 13.5. The van der Waals surface area contributed by atoms with Crippen molar-refractivity contribution < 1.29 is 18.0 Å². The summed E-state index contributed by atoms with van der Waals surface area (Å²) in [5, 5.41) is 6.54. The molecule has 37 heavy (non-hydrogen) atoms. The standard InChI is InChI=1S/C27H22F3N5OS/c1-17(36)32-19-10-12-20(13-11-19)35-25(24(33-26(35)37)22-8-2-3-14-31-22)23-9-5-15-34(23)21-7-4-6-18(16-21)27(28,29)30/h2-16,24-25H,1H3,(H,32,36)(H,33,37)/t24-,25-/m1/s1. The summed E-state index contributed by atoms with van der Waals surface area (Å²) in [6, 6.07) is 20.9. The number of anilines is 2. The second-order valence-corrected chi connectivity index (χ2v) is 8.96. The van der Waals surface area contributed by atoms with E-state index in [1.165, 1.54) is 13.0 Å². The smallest absolute Gasteiger partial charge is 0.351 e. The Labute approximate surface area is 216 Å². The molecule has 5 rings (SSSR count). The summed E-state index contributed by atoms with van der Waals surface area (Å²) < 4.78 is 42.1. The van der Waals surface area contributed by atoms with Gasteiger partial charge in [0.1, 0.15) is 6.04 Å². The highest BCUT2D eigenvalue weighted by Gasteiger charge is 2.42. The number of carbonyl (C=O) groups excluding carboxylic acids is 1. The maximum Gasteiger partial charge on any atom is 0.416 e. The molecule has 0 unspecified atom stereocenters. The van der Waals surface area contributed by atoms with Gasteiger partial charge in [-0.1, -0.05) is 12.1 Å². The van der Waals surface area contributed by atoms with Gasteiger partial charge in [-0.3, -0.25) is 9.78 Å². The van der Waals surface area contributed by atoms with E-state index in [9.17, 15) is 18.0 Å². The van der Waals surface area contributed by atoms with E-state index in [1.807, 2.05) is 41.3 Å². The second kappa shape index (κ2) is 9.70. The number of benzene rings is 2. The number of halogens is 3. The van der Waals surface area contributed by atoms with Gasteiger partial charge in [-0.05, 0) is 78.9 Å². The van der Waals surface area contributed by atoms with Crippen molar-refractivity contribution in [1.82, 2.24) is 14.9 Å². The van der Waals surface area contributed by atoms with Crippen molar-refractivity contribution in [1.29, 1.82) is 0 Å². The van der Waals surface area contributed by atoms with Gasteiger partial charge in [0, 0.05) is 42.1 Å². The second-order valence-electron chi connectivity index (χ2n) is 8.58. The molecule has 2 aromatic heterocycles. The third-order valence-electron chi connectivity index (χ3n) is 6.10. The molecule has 1 fully saturated rings. The number of pyridine rings is 1. The summed E-state index contributed by atoms with van der Waals surface area (Å²) >= 11 is 5.74. The van der Waals surface area contributed by atoms with Gasteiger partial charge >= 0.3 is 6.18 Å². The van der Waals surface area contributed by atoms with Crippen LogP contribution in [-0.4, -0.2) is 20.6 Å². The molecule has 6 nitrogen and oxygen atoms in total. The van der Waals surface area contributed by atoms with Gasteiger partial charge in [-0.25, -0.2) is 0 Å². The normalized spacial score (nSPS) is 17.5. The molecule has 2 atom stereocenters. The van der Waals surface area contributed by atoms with Crippen molar-refractivity contribution in [2.24, 2.45) is 0 Å². The number of nitrogens with one attached hydrogen (secondary N) is 2. The van der Waals surface area contributed by atoms with Crippen LogP contribution >= 0.6 is 12.2 Å². The molecule has 0 aliphatic carbocycles. The molecule has 0 bridgehead atoms. The number of thiocarbonyl (C=S) groups is 1. The summed E-state index contributed by atoms with van der Waals surface area (Å²) in [5.41, 5.74) is 2.52. The van der Waals surface area contributed by atoms with Crippen molar-refractivity contribution in [2.75, 3.05) is 10.2 Å². The minimum absolute atomic E-state index is 0.182. The monoisotopic (exact) mass is 521 g/mol. The molecule has 1 amide bonds. The van der Waals surface area contributed by atoms with Crippen LogP contribution in [0.15, 0.2) is 91.3 Å². The third kappa shape index (κ3) is 4.92. The largest absolute Gasteiger partial charge is 0.416 e. The number of alkyl halides is 3. The van der Waals surface area contributed by atoms with Crippen molar-refractivity contribution in [3.05, 3.63) is 108 Å². The number of rotatable bonds is 5. The zero-order valence-electron chi connectivity index (χ0n) is 19.6. The molecule has 0 saturated carbocycles. The first-order chi connectivity index (χ1) is 17.7. The van der Waals surface area contributed by atoms with Crippen LogP contribution in [0.1, 0.15) is 36.0 Å².